The predicted molar refractivity (Wildman–Crippen MR) is 80.7 cm³/mol. The van der Waals surface area contributed by atoms with Crippen molar-refractivity contribution >= 4 is 11.8 Å². The summed E-state index contributed by atoms with van der Waals surface area (Å²) in [6.07, 6.45) is -1.70. The molecule has 2 fully saturated rings. The minimum Gasteiger partial charge on any atom is -0.351 e. The first-order chi connectivity index (χ1) is 11.3. The van der Waals surface area contributed by atoms with Crippen molar-refractivity contribution in [2.45, 2.75) is 44.4 Å². The van der Waals surface area contributed by atoms with Crippen molar-refractivity contribution < 1.29 is 22.8 Å². The van der Waals surface area contributed by atoms with E-state index in [1.807, 2.05) is 0 Å². The molecular formula is C17H19F3N2O2. The number of rotatable bonds is 5. The van der Waals surface area contributed by atoms with Gasteiger partial charge in [0.15, 0.2) is 0 Å². The third-order valence-corrected chi connectivity index (χ3v) is 4.43. The van der Waals surface area contributed by atoms with Crippen molar-refractivity contribution in [2.24, 2.45) is 5.92 Å². The fourth-order valence-corrected chi connectivity index (χ4v) is 3.03. The average Bonchev–Trinajstić information content (AvgIpc) is 3.23. The summed E-state index contributed by atoms with van der Waals surface area (Å²) in [5.41, 5.74) is -0.651. The number of carbonyl (C=O) groups is 2. The van der Waals surface area contributed by atoms with Gasteiger partial charge < -0.3 is 10.2 Å². The Balaban J connectivity index is 1.62. The molecule has 1 aliphatic carbocycles. The number of nitrogens with zero attached hydrogens (tertiary/aromatic N) is 1. The molecule has 1 atom stereocenters. The molecule has 1 N–H and O–H groups in total. The summed E-state index contributed by atoms with van der Waals surface area (Å²) in [5, 5.41) is 2.82. The number of nitrogens with one attached hydrogen (secondary N) is 1. The van der Waals surface area contributed by atoms with Crippen LogP contribution in [0.5, 0.6) is 0 Å². The van der Waals surface area contributed by atoms with E-state index in [9.17, 15) is 22.8 Å². The Kier molecular flexibility index (Phi) is 4.51. The lowest BCUT2D eigenvalue weighted by Crippen LogP contribution is -2.37. The van der Waals surface area contributed by atoms with Gasteiger partial charge in [-0.25, -0.2) is 0 Å². The van der Waals surface area contributed by atoms with Gasteiger partial charge in [0.05, 0.1) is 11.6 Å². The molecule has 24 heavy (non-hydrogen) atoms. The molecule has 1 saturated carbocycles. The summed E-state index contributed by atoms with van der Waals surface area (Å²) < 4.78 is 39.1. The predicted octanol–water partition coefficient (Wildman–Crippen LogP) is 2.72. The zero-order valence-electron chi connectivity index (χ0n) is 13.1. The lowest BCUT2D eigenvalue weighted by Gasteiger charge is -2.20. The Labute approximate surface area is 138 Å². The molecule has 1 saturated heterocycles. The van der Waals surface area contributed by atoms with Crippen LogP contribution in [-0.2, 0) is 22.3 Å². The maximum absolute atomic E-state index is 13.0. The summed E-state index contributed by atoms with van der Waals surface area (Å²) >= 11 is 0. The van der Waals surface area contributed by atoms with Crippen LogP contribution >= 0.6 is 0 Å². The minimum atomic E-state index is -4.45. The standard InChI is InChI=1S/C17H19F3N2O2/c18-17(19,20)14-4-2-1-3-12(14)9-22-10-13(8-16(22)24)21-15(23)7-11-5-6-11/h1-4,11,13H,5-10H2,(H,21,23)/t13-/m0/s1. The fraction of sp³-hybridized carbons (Fsp3) is 0.529. The molecule has 1 aliphatic heterocycles. The average molecular weight is 340 g/mol. The molecule has 1 heterocycles. The van der Waals surface area contributed by atoms with Gasteiger partial charge in [-0.2, -0.15) is 13.2 Å². The van der Waals surface area contributed by atoms with E-state index in [4.69, 9.17) is 0 Å². The molecule has 0 unspecified atom stereocenters. The Morgan fingerprint density at radius 3 is 2.62 bits per heavy atom. The highest BCUT2D eigenvalue weighted by Gasteiger charge is 2.36. The van der Waals surface area contributed by atoms with Crippen LogP contribution in [0.2, 0.25) is 0 Å². The van der Waals surface area contributed by atoms with Crippen LogP contribution in [0.15, 0.2) is 24.3 Å². The number of halogens is 3. The molecule has 1 aromatic rings. The number of likely N-dealkylation sites (tertiary alicyclic amines) is 1. The van der Waals surface area contributed by atoms with Crippen molar-refractivity contribution in [2.75, 3.05) is 6.54 Å². The Morgan fingerprint density at radius 1 is 1.25 bits per heavy atom. The van der Waals surface area contributed by atoms with Gasteiger partial charge in [0.1, 0.15) is 0 Å². The molecule has 2 aliphatic rings. The highest BCUT2D eigenvalue weighted by atomic mass is 19.4. The highest BCUT2D eigenvalue weighted by Crippen LogP contribution is 2.33. The van der Waals surface area contributed by atoms with E-state index in [0.717, 1.165) is 18.9 Å². The van der Waals surface area contributed by atoms with E-state index in [-0.39, 0.29) is 42.9 Å². The van der Waals surface area contributed by atoms with Gasteiger partial charge in [-0.05, 0) is 30.4 Å². The van der Waals surface area contributed by atoms with Crippen LogP contribution in [0.4, 0.5) is 13.2 Å². The Hall–Kier alpha value is -2.05. The maximum atomic E-state index is 13.0. The first-order valence-electron chi connectivity index (χ1n) is 8.05. The van der Waals surface area contributed by atoms with E-state index in [0.29, 0.717) is 12.3 Å². The second-order valence-electron chi connectivity index (χ2n) is 6.55. The van der Waals surface area contributed by atoms with Crippen LogP contribution in [0, 0.1) is 5.92 Å². The van der Waals surface area contributed by atoms with Crippen molar-refractivity contribution in [3.8, 4) is 0 Å². The lowest BCUT2D eigenvalue weighted by molar-refractivity contribution is -0.139. The second kappa shape index (κ2) is 6.45. The molecule has 130 valence electrons. The molecule has 4 nitrogen and oxygen atoms in total. The molecule has 2 amide bonds. The van der Waals surface area contributed by atoms with Crippen LogP contribution in [-0.4, -0.2) is 29.3 Å². The van der Waals surface area contributed by atoms with Crippen LogP contribution in [0.25, 0.3) is 0 Å². The zero-order valence-corrected chi connectivity index (χ0v) is 13.1. The molecular weight excluding hydrogens is 321 g/mol. The van der Waals surface area contributed by atoms with Gasteiger partial charge in [0.25, 0.3) is 0 Å². The monoisotopic (exact) mass is 340 g/mol. The van der Waals surface area contributed by atoms with Crippen molar-refractivity contribution in [3.05, 3.63) is 35.4 Å². The number of hydrogen-bond acceptors (Lipinski definition) is 2. The first-order valence-corrected chi connectivity index (χ1v) is 8.05. The zero-order chi connectivity index (χ0) is 17.3. The van der Waals surface area contributed by atoms with Gasteiger partial charge in [-0.1, -0.05) is 18.2 Å². The number of benzene rings is 1. The first kappa shape index (κ1) is 16.8. The quantitative estimate of drug-likeness (QED) is 0.896. The van der Waals surface area contributed by atoms with Crippen LogP contribution in [0.1, 0.15) is 36.8 Å². The van der Waals surface area contributed by atoms with Gasteiger partial charge >= 0.3 is 6.18 Å². The lowest BCUT2D eigenvalue weighted by atomic mass is 10.1. The number of alkyl halides is 3. The van der Waals surface area contributed by atoms with E-state index in [2.05, 4.69) is 5.32 Å². The van der Waals surface area contributed by atoms with E-state index < -0.39 is 11.7 Å². The third kappa shape index (κ3) is 4.07. The van der Waals surface area contributed by atoms with Crippen molar-refractivity contribution in [1.82, 2.24) is 10.2 Å². The minimum absolute atomic E-state index is 0.0725. The van der Waals surface area contributed by atoms with Gasteiger partial charge in [-0.15, -0.1) is 0 Å². The summed E-state index contributed by atoms with van der Waals surface area (Å²) in [6, 6.07) is 4.95. The summed E-state index contributed by atoms with van der Waals surface area (Å²) in [4.78, 5) is 25.3. The second-order valence-corrected chi connectivity index (χ2v) is 6.55. The van der Waals surface area contributed by atoms with Gasteiger partial charge in [0.2, 0.25) is 11.8 Å². The SMILES string of the molecule is O=C(CC1CC1)N[C@H]1CC(=O)N(Cc2ccccc2C(F)(F)F)C1. The van der Waals surface area contributed by atoms with Gasteiger partial charge in [-0.3, -0.25) is 9.59 Å². The molecule has 0 radical (unpaired) electrons. The molecule has 0 aromatic heterocycles. The highest BCUT2D eigenvalue weighted by molar-refractivity contribution is 5.82. The maximum Gasteiger partial charge on any atom is 0.416 e. The topological polar surface area (TPSA) is 49.4 Å². The third-order valence-electron chi connectivity index (χ3n) is 4.43. The van der Waals surface area contributed by atoms with E-state index in [1.165, 1.54) is 23.1 Å². The number of amides is 2. The molecule has 0 bridgehead atoms. The fourth-order valence-electron chi connectivity index (χ4n) is 3.03. The molecule has 0 spiro atoms. The van der Waals surface area contributed by atoms with Gasteiger partial charge in [0, 0.05) is 25.9 Å². The Morgan fingerprint density at radius 2 is 1.96 bits per heavy atom. The smallest absolute Gasteiger partial charge is 0.351 e. The molecule has 7 heteroatoms. The number of carbonyl (C=O) groups excluding carboxylic acids is 2. The summed E-state index contributed by atoms with van der Waals surface area (Å²) in [6.45, 7) is 0.158. The summed E-state index contributed by atoms with van der Waals surface area (Å²) in [5.74, 6) is 0.147. The van der Waals surface area contributed by atoms with Crippen LogP contribution in [0.3, 0.4) is 0 Å². The molecule has 1 aromatic carbocycles. The molecule has 3 rings (SSSR count). The van der Waals surface area contributed by atoms with E-state index in [1.54, 1.807) is 0 Å². The summed E-state index contributed by atoms with van der Waals surface area (Å²) in [7, 11) is 0. The Bertz CT molecular complexity index is 641. The number of hydrogen-bond donors (Lipinski definition) is 1. The largest absolute Gasteiger partial charge is 0.416 e. The normalized spacial score (nSPS) is 21.2. The van der Waals surface area contributed by atoms with Crippen molar-refractivity contribution in [3.63, 3.8) is 0 Å². The van der Waals surface area contributed by atoms with Crippen molar-refractivity contribution in [1.29, 1.82) is 0 Å². The van der Waals surface area contributed by atoms with E-state index >= 15 is 0 Å². The van der Waals surface area contributed by atoms with Crippen LogP contribution < -0.4 is 5.32 Å².